The first-order valence-corrected chi connectivity index (χ1v) is 9.05. The first-order chi connectivity index (χ1) is 13.2. The van der Waals surface area contributed by atoms with E-state index in [0.717, 1.165) is 0 Å². The summed E-state index contributed by atoms with van der Waals surface area (Å²) in [5.74, 6) is -0.392. The Labute approximate surface area is 158 Å². The number of carbonyl (C=O) groups is 2. The predicted molar refractivity (Wildman–Crippen MR) is 99.6 cm³/mol. The summed E-state index contributed by atoms with van der Waals surface area (Å²) < 4.78 is 16.5. The fourth-order valence-corrected chi connectivity index (χ4v) is 2.93. The lowest BCUT2D eigenvalue weighted by atomic mass is 10.1. The van der Waals surface area contributed by atoms with Crippen LogP contribution in [-0.4, -0.2) is 49.7 Å². The van der Waals surface area contributed by atoms with Gasteiger partial charge >= 0.3 is 5.97 Å². The topological polar surface area (TPSA) is 65.1 Å². The molecule has 2 aromatic carbocycles. The average molecular weight is 369 g/mol. The molecule has 0 aliphatic carbocycles. The van der Waals surface area contributed by atoms with Crippen LogP contribution in [0.3, 0.4) is 0 Å². The molecule has 0 aromatic heterocycles. The van der Waals surface area contributed by atoms with Crippen molar-refractivity contribution in [1.29, 1.82) is 0 Å². The Hall–Kier alpha value is -2.86. The van der Waals surface area contributed by atoms with Gasteiger partial charge in [-0.1, -0.05) is 42.5 Å². The summed E-state index contributed by atoms with van der Waals surface area (Å²) in [6.07, 6.45) is -1.01. The monoisotopic (exact) mass is 369 g/mol. The van der Waals surface area contributed by atoms with Gasteiger partial charge in [-0.3, -0.25) is 4.79 Å². The zero-order valence-corrected chi connectivity index (χ0v) is 15.3. The summed E-state index contributed by atoms with van der Waals surface area (Å²) in [4.78, 5) is 27.5. The third-order valence-corrected chi connectivity index (χ3v) is 4.28. The number of amides is 1. The van der Waals surface area contributed by atoms with Crippen LogP contribution in [0.2, 0.25) is 0 Å². The predicted octanol–water partition coefficient (Wildman–Crippen LogP) is 2.84. The van der Waals surface area contributed by atoms with E-state index in [-0.39, 0.29) is 5.91 Å². The van der Waals surface area contributed by atoms with Crippen LogP contribution in [0.1, 0.15) is 28.9 Å². The lowest BCUT2D eigenvalue weighted by molar-refractivity contribution is -0.145. The molecule has 1 heterocycles. The fourth-order valence-electron chi connectivity index (χ4n) is 2.93. The number of rotatable bonds is 6. The summed E-state index contributed by atoms with van der Waals surface area (Å²) in [6, 6.07) is 15.9. The lowest BCUT2D eigenvalue weighted by Crippen LogP contribution is -2.44. The third-order valence-electron chi connectivity index (χ3n) is 4.28. The van der Waals surface area contributed by atoms with Crippen molar-refractivity contribution in [3.8, 4) is 5.75 Å². The van der Waals surface area contributed by atoms with Crippen molar-refractivity contribution in [1.82, 2.24) is 4.90 Å². The summed E-state index contributed by atoms with van der Waals surface area (Å²) in [5.41, 5.74) is 0.936. The smallest absolute Gasteiger partial charge is 0.343 e. The van der Waals surface area contributed by atoms with E-state index in [1.54, 1.807) is 41.3 Å². The molecule has 142 valence electrons. The van der Waals surface area contributed by atoms with Crippen LogP contribution in [0.5, 0.6) is 5.75 Å². The fraction of sp³-hybridized carbons (Fsp3) is 0.333. The maximum Gasteiger partial charge on any atom is 0.343 e. The summed E-state index contributed by atoms with van der Waals surface area (Å²) >= 11 is 0. The minimum atomic E-state index is -1.01. The van der Waals surface area contributed by atoms with Crippen LogP contribution in [0.15, 0.2) is 54.6 Å². The van der Waals surface area contributed by atoms with Gasteiger partial charge in [0.15, 0.2) is 0 Å². The first-order valence-electron chi connectivity index (χ1n) is 9.05. The van der Waals surface area contributed by atoms with Gasteiger partial charge in [0.05, 0.1) is 19.8 Å². The van der Waals surface area contributed by atoms with Crippen LogP contribution >= 0.6 is 0 Å². The number of para-hydroxylation sites is 1. The van der Waals surface area contributed by atoms with E-state index in [2.05, 4.69) is 0 Å². The summed E-state index contributed by atoms with van der Waals surface area (Å²) in [5, 5.41) is 0. The van der Waals surface area contributed by atoms with Crippen molar-refractivity contribution in [3.05, 3.63) is 65.7 Å². The van der Waals surface area contributed by atoms with Crippen LogP contribution in [0, 0.1) is 0 Å². The Kier molecular flexibility index (Phi) is 6.44. The van der Waals surface area contributed by atoms with Crippen LogP contribution in [0.4, 0.5) is 0 Å². The van der Waals surface area contributed by atoms with E-state index in [4.69, 9.17) is 14.2 Å². The van der Waals surface area contributed by atoms with E-state index in [1.165, 1.54) is 0 Å². The number of ether oxygens (including phenoxy) is 3. The molecule has 0 spiro atoms. The van der Waals surface area contributed by atoms with Gasteiger partial charge in [-0.25, -0.2) is 4.79 Å². The minimum absolute atomic E-state index is 0.244. The number of morpholine rings is 1. The Morgan fingerprint density at radius 2 is 1.70 bits per heavy atom. The second-order valence-electron chi connectivity index (χ2n) is 6.06. The van der Waals surface area contributed by atoms with E-state index in [0.29, 0.717) is 49.8 Å². The molecule has 1 amide bonds. The molecule has 2 aromatic rings. The molecule has 1 atom stereocenters. The Morgan fingerprint density at radius 3 is 2.41 bits per heavy atom. The zero-order valence-electron chi connectivity index (χ0n) is 15.3. The van der Waals surface area contributed by atoms with Gasteiger partial charge in [0.2, 0.25) is 6.10 Å². The number of carbonyl (C=O) groups excluding carboxylic acids is 2. The summed E-state index contributed by atoms with van der Waals surface area (Å²) in [6.45, 7) is 4.20. The normalized spacial score (nSPS) is 15.1. The summed E-state index contributed by atoms with van der Waals surface area (Å²) in [7, 11) is 0. The SMILES string of the molecule is CCOc1ccccc1C(=O)OC(C(=O)N1CCOCC1)c1ccccc1. The van der Waals surface area contributed by atoms with Crippen molar-refractivity contribution in [2.75, 3.05) is 32.9 Å². The zero-order chi connectivity index (χ0) is 19.1. The third kappa shape index (κ3) is 4.65. The highest BCUT2D eigenvalue weighted by molar-refractivity contribution is 5.95. The molecular formula is C21H23NO5. The number of hydrogen-bond donors (Lipinski definition) is 0. The van der Waals surface area contributed by atoms with Gasteiger partial charge in [-0.15, -0.1) is 0 Å². The Bertz CT molecular complexity index is 771. The average Bonchev–Trinajstić information content (AvgIpc) is 2.73. The molecule has 0 radical (unpaired) electrons. The molecule has 1 aliphatic heterocycles. The molecule has 0 bridgehead atoms. The molecule has 0 saturated carbocycles. The van der Waals surface area contributed by atoms with Gasteiger partial charge in [0.1, 0.15) is 11.3 Å². The molecule has 1 saturated heterocycles. The van der Waals surface area contributed by atoms with E-state index < -0.39 is 12.1 Å². The second-order valence-corrected chi connectivity index (χ2v) is 6.06. The largest absolute Gasteiger partial charge is 0.493 e. The quantitative estimate of drug-likeness (QED) is 0.733. The molecule has 1 unspecified atom stereocenters. The molecule has 1 fully saturated rings. The highest BCUT2D eigenvalue weighted by Gasteiger charge is 2.31. The van der Waals surface area contributed by atoms with Crippen molar-refractivity contribution < 1.29 is 23.8 Å². The number of esters is 1. The second kappa shape index (κ2) is 9.19. The van der Waals surface area contributed by atoms with Crippen LogP contribution < -0.4 is 4.74 Å². The molecule has 1 aliphatic rings. The van der Waals surface area contributed by atoms with E-state index in [9.17, 15) is 9.59 Å². The van der Waals surface area contributed by atoms with Gasteiger partial charge in [0, 0.05) is 18.7 Å². The van der Waals surface area contributed by atoms with Crippen molar-refractivity contribution in [2.24, 2.45) is 0 Å². The van der Waals surface area contributed by atoms with E-state index >= 15 is 0 Å². The van der Waals surface area contributed by atoms with Crippen molar-refractivity contribution in [2.45, 2.75) is 13.0 Å². The highest BCUT2D eigenvalue weighted by Crippen LogP contribution is 2.25. The molecule has 6 nitrogen and oxygen atoms in total. The van der Waals surface area contributed by atoms with Crippen LogP contribution in [-0.2, 0) is 14.3 Å². The lowest BCUT2D eigenvalue weighted by Gasteiger charge is -2.30. The number of hydrogen-bond acceptors (Lipinski definition) is 5. The Balaban J connectivity index is 1.85. The van der Waals surface area contributed by atoms with Gasteiger partial charge in [-0.2, -0.15) is 0 Å². The molecular weight excluding hydrogens is 346 g/mol. The minimum Gasteiger partial charge on any atom is -0.493 e. The molecule has 0 N–H and O–H groups in total. The molecule has 27 heavy (non-hydrogen) atoms. The van der Waals surface area contributed by atoms with Crippen molar-refractivity contribution >= 4 is 11.9 Å². The van der Waals surface area contributed by atoms with Gasteiger partial charge in [0.25, 0.3) is 5.91 Å². The van der Waals surface area contributed by atoms with Gasteiger partial charge < -0.3 is 19.1 Å². The number of benzene rings is 2. The van der Waals surface area contributed by atoms with Crippen LogP contribution in [0.25, 0.3) is 0 Å². The maximum atomic E-state index is 13.0. The highest BCUT2D eigenvalue weighted by atomic mass is 16.6. The number of nitrogens with zero attached hydrogens (tertiary/aromatic N) is 1. The standard InChI is InChI=1S/C21H23NO5/c1-2-26-18-11-7-6-10-17(18)21(24)27-19(16-8-4-3-5-9-16)20(23)22-12-14-25-15-13-22/h3-11,19H,2,12-15H2,1H3. The van der Waals surface area contributed by atoms with Gasteiger partial charge in [-0.05, 0) is 19.1 Å². The van der Waals surface area contributed by atoms with Crippen molar-refractivity contribution in [3.63, 3.8) is 0 Å². The Morgan fingerprint density at radius 1 is 1.04 bits per heavy atom. The molecule has 3 rings (SSSR count). The maximum absolute atomic E-state index is 13.0. The molecule has 6 heteroatoms. The van der Waals surface area contributed by atoms with E-state index in [1.807, 2.05) is 25.1 Å². The first kappa shape index (κ1) is 18.9.